The molecule has 16 heavy (non-hydrogen) atoms. The van der Waals surface area contributed by atoms with Gasteiger partial charge in [0.2, 0.25) is 0 Å². The summed E-state index contributed by atoms with van der Waals surface area (Å²) in [5.41, 5.74) is 0.776. The van der Waals surface area contributed by atoms with Gasteiger partial charge in [0.1, 0.15) is 0 Å². The van der Waals surface area contributed by atoms with E-state index < -0.39 is 0 Å². The number of benzene rings is 1. The van der Waals surface area contributed by atoms with Crippen molar-refractivity contribution in [1.82, 2.24) is 9.78 Å². The predicted octanol–water partition coefficient (Wildman–Crippen LogP) is 3.30. The van der Waals surface area contributed by atoms with Gasteiger partial charge in [-0.25, -0.2) is 0 Å². The van der Waals surface area contributed by atoms with Crippen LogP contribution in [0.4, 0.5) is 5.69 Å². The Balaban J connectivity index is 1.95. The first-order valence-corrected chi connectivity index (χ1v) is 5.68. The molecule has 0 fully saturated rings. The molecule has 3 nitrogen and oxygen atoms in total. The predicted molar refractivity (Wildman–Crippen MR) is 67.2 cm³/mol. The lowest BCUT2D eigenvalue weighted by Crippen LogP contribution is -2.11. The minimum absolute atomic E-state index is 0.632. The van der Waals surface area contributed by atoms with Crippen LogP contribution in [0.25, 0.3) is 0 Å². The Labute approximate surface area is 104 Å². The third-order valence-corrected chi connectivity index (χ3v) is 2.79. The average Bonchev–Trinajstić information content (AvgIpc) is 2.75. The summed E-state index contributed by atoms with van der Waals surface area (Å²) in [6.45, 7) is 1.50. The van der Waals surface area contributed by atoms with Crippen LogP contribution in [0.1, 0.15) is 0 Å². The zero-order chi connectivity index (χ0) is 11.4. The number of nitrogens with one attached hydrogen (secondary N) is 1. The highest BCUT2D eigenvalue weighted by molar-refractivity contribution is 6.39. The molecule has 0 aliphatic carbocycles. The first-order chi connectivity index (χ1) is 7.77. The molecule has 1 aromatic carbocycles. The van der Waals surface area contributed by atoms with Gasteiger partial charge >= 0.3 is 0 Å². The molecule has 2 aromatic rings. The third kappa shape index (κ3) is 2.68. The number of nitrogens with zero attached hydrogens (tertiary/aromatic N) is 2. The van der Waals surface area contributed by atoms with Crippen LogP contribution in [0.3, 0.4) is 0 Å². The monoisotopic (exact) mass is 255 g/mol. The van der Waals surface area contributed by atoms with E-state index in [-0.39, 0.29) is 0 Å². The average molecular weight is 256 g/mol. The van der Waals surface area contributed by atoms with Gasteiger partial charge in [-0.05, 0) is 18.2 Å². The first kappa shape index (κ1) is 11.3. The van der Waals surface area contributed by atoms with Crippen molar-refractivity contribution in [3.63, 3.8) is 0 Å². The topological polar surface area (TPSA) is 29.9 Å². The van der Waals surface area contributed by atoms with Crippen LogP contribution in [-0.4, -0.2) is 16.3 Å². The van der Waals surface area contributed by atoms with E-state index in [2.05, 4.69) is 10.4 Å². The Morgan fingerprint density at radius 1 is 1.19 bits per heavy atom. The van der Waals surface area contributed by atoms with Gasteiger partial charge in [-0.15, -0.1) is 0 Å². The minimum atomic E-state index is 0.632. The lowest BCUT2D eigenvalue weighted by Gasteiger charge is -2.10. The molecule has 1 N–H and O–H groups in total. The second-order valence-electron chi connectivity index (χ2n) is 3.29. The van der Waals surface area contributed by atoms with Crippen molar-refractivity contribution >= 4 is 28.9 Å². The van der Waals surface area contributed by atoms with Gasteiger partial charge < -0.3 is 5.32 Å². The van der Waals surface area contributed by atoms with E-state index in [0.717, 1.165) is 18.8 Å². The van der Waals surface area contributed by atoms with Crippen LogP contribution in [0.5, 0.6) is 0 Å². The van der Waals surface area contributed by atoms with Crippen LogP contribution >= 0.6 is 23.2 Å². The van der Waals surface area contributed by atoms with Gasteiger partial charge in [0, 0.05) is 18.9 Å². The number of rotatable bonds is 4. The maximum Gasteiger partial charge on any atom is 0.0719 e. The molecular weight excluding hydrogens is 245 g/mol. The van der Waals surface area contributed by atoms with Crippen molar-refractivity contribution < 1.29 is 0 Å². The van der Waals surface area contributed by atoms with Crippen LogP contribution in [0, 0.1) is 0 Å². The summed E-state index contributed by atoms with van der Waals surface area (Å²) >= 11 is 12.0. The lowest BCUT2D eigenvalue weighted by atomic mass is 10.3. The summed E-state index contributed by atoms with van der Waals surface area (Å²) in [6.07, 6.45) is 3.67. The summed E-state index contributed by atoms with van der Waals surface area (Å²) in [6, 6.07) is 7.33. The maximum absolute atomic E-state index is 6.02. The zero-order valence-electron chi connectivity index (χ0n) is 8.53. The molecule has 1 heterocycles. The molecule has 1 aromatic heterocycles. The fourth-order valence-electron chi connectivity index (χ4n) is 1.39. The van der Waals surface area contributed by atoms with Gasteiger partial charge in [-0.3, -0.25) is 4.68 Å². The maximum atomic E-state index is 6.02. The second-order valence-corrected chi connectivity index (χ2v) is 4.11. The van der Waals surface area contributed by atoms with Gasteiger partial charge in [0.15, 0.2) is 0 Å². The number of anilines is 1. The van der Waals surface area contributed by atoms with Gasteiger partial charge in [-0.1, -0.05) is 29.3 Å². The van der Waals surface area contributed by atoms with E-state index in [1.165, 1.54) is 0 Å². The molecule has 0 unspecified atom stereocenters. The molecule has 5 heteroatoms. The van der Waals surface area contributed by atoms with E-state index in [4.69, 9.17) is 23.2 Å². The van der Waals surface area contributed by atoms with E-state index in [1.54, 1.807) is 6.20 Å². The van der Waals surface area contributed by atoms with Gasteiger partial charge in [0.25, 0.3) is 0 Å². The van der Waals surface area contributed by atoms with Crippen molar-refractivity contribution in [2.45, 2.75) is 6.54 Å². The van der Waals surface area contributed by atoms with Gasteiger partial charge in [0.05, 0.1) is 22.3 Å². The molecular formula is C11H11Cl2N3. The van der Waals surface area contributed by atoms with Crippen molar-refractivity contribution in [3.8, 4) is 0 Å². The Bertz CT molecular complexity index is 434. The molecule has 0 bridgehead atoms. The van der Waals surface area contributed by atoms with Crippen molar-refractivity contribution in [1.29, 1.82) is 0 Å². The molecule has 0 saturated heterocycles. The summed E-state index contributed by atoms with van der Waals surface area (Å²) in [4.78, 5) is 0. The molecule has 0 spiro atoms. The molecule has 0 radical (unpaired) electrons. The second kappa shape index (κ2) is 5.23. The molecule has 0 aliphatic heterocycles. The zero-order valence-corrected chi connectivity index (χ0v) is 10.0. The van der Waals surface area contributed by atoms with E-state index in [1.807, 2.05) is 35.1 Å². The lowest BCUT2D eigenvalue weighted by molar-refractivity contribution is 0.638. The van der Waals surface area contributed by atoms with Crippen LogP contribution in [0.15, 0.2) is 36.7 Å². The van der Waals surface area contributed by atoms with E-state index >= 15 is 0 Å². The van der Waals surface area contributed by atoms with Crippen molar-refractivity contribution in [3.05, 3.63) is 46.7 Å². The fourth-order valence-corrected chi connectivity index (χ4v) is 1.93. The Hall–Kier alpha value is -1.19. The summed E-state index contributed by atoms with van der Waals surface area (Å²) in [5, 5.41) is 8.56. The number of halogens is 2. The first-order valence-electron chi connectivity index (χ1n) is 4.92. The number of hydrogen-bond donors (Lipinski definition) is 1. The highest BCUT2D eigenvalue weighted by Gasteiger charge is 2.03. The molecule has 0 aliphatic rings. The highest BCUT2D eigenvalue weighted by atomic mass is 35.5. The van der Waals surface area contributed by atoms with Crippen molar-refractivity contribution in [2.75, 3.05) is 11.9 Å². The largest absolute Gasteiger partial charge is 0.381 e. The summed E-state index contributed by atoms with van der Waals surface area (Å²) in [7, 11) is 0. The quantitative estimate of drug-likeness (QED) is 0.909. The van der Waals surface area contributed by atoms with Crippen LogP contribution in [0.2, 0.25) is 10.0 Å². The Morgan fingerprint density at radius 2 is 1.94 bits per heavy atom. The Kier molecular flexibility index (Phi) is 3.70. The van der Waals surface area contributed by atoms with Crippen LogP contribution in [-0.2, 0) is 6.54 Å². The molecule has 2 rings (SSSR count). The highest BCUT2D eigenvalue weighted by Crippen LogP contribution is 2.29. The van der Waals surface area contributed by atoms with Crippen molar-refractivity contribution in [2.24, 2.45) is 0 Å². The van der Waals surface area contributed by atoms with E-state index in [9.17, 15) is 0 Å². The number of aromatic nitrogens is 2. The fraction of sp³-hybridized carbons (Fsp3) is 0.182. The van der Waals surface area contributed by atoms with Crippen LogP contribution < -0.4 is 5.32 Å². The van der Waals surface area contributed by atoms with E-state index in [0.29, 0.717) is 10.0 Å². The summed E-state index contributed by atoms with van der Waals surface area (Å²) in [5.74, 6) is 0. The standard InChI is InChI=1S/C11H11Cl2N3/c12-9-3-1-4-10(13)11(9)14-6-8-16-7-2-5-15-16/h1-5,7,14H,6,8H2. The summed E-state index contributed by atoms with van der Waals surface area (Å²) < 4.78 is 1.84. The smallest absolute Gasteiger partial charge is 0.0719 e. The minimum Gasteiger partial charge on any atom is -0.381 e. The molecule has 0 atom stereocenters. The Morgan fingerprint density at radius 3 is 2.56 bits per heavy atom. The van der Waals surface area contributed by atoms with Gasteiger partial charge in [-0.2, -0.15) is 5.10 Å². The third-order valence-electron chi connectivity index (χ3n) is 2.16. The molecule has 84 valence electrons. The molecule has 0 saturated carbocycles. The SMILES string of the molecule is Clc1cccc(Cl)c1NCCn1cccn1. The number of para-hydroxylation sites is 1. The normalized spacial score (nSPS) is 10.4. The number of hydrogen-bond acceptors (Lipinski definition) is 2. The molecule has 0 amide bonds.